The van der Waals surface area contributed by atoms with Crippen LogP contribution in [0.2, 0.25) is 0 Å². The molecule has 2 aliphatic rings. The standard InChI is InChI=1S/C13H16BrN3O/c1-17-7-5-13(12(17)18)4-2-10(16-13)11-8-9(14)3-6-15-11/h3,6,8,10,16H,2,4-5,7H2,1H3/t10-,13-/m0/s1. The third kappa shape index (κ3) is 1.86. The zero-order chi connectivity index (χ0) is 12.8. The minimum absolute atomic E-state index is 0.193. The van der Waals surface area contributed by atoms with Gasteiger partial charge in [-0.2, -0.15) is 0 Å². The Balaban J connectivity index is 1.82. The van der Waals surface area contributed by atoms with Crippen molar-refractivity contribution in [2.75, 3.05) is 13.6 Å². The monoisotopic (exact) mass is 309 g/mol. The first kappa shape index (κ1) is 12.1. The molecule has 2 saturated heterocycles. The Morgan fingerprint density at radius 2 is 2.39 bits per heavy atom. The predicted molar refractivity (Wildman–Crippen MR) is 72.0 cm³/mol. The fraction of sp³-hybridized carbons (Fsp3) is 0.538. The van der Waals surface area contributed by atoms with Crippen molar-refractivity contribution in [2.24, 2.45) is 0 Å². The molecule has 0 bridgehead atoms. The molecule has 0 aromatic carbocycles. The van der Waals surface area contributed by atoms with E-state index in [0.717, 1.165) is 36.0 Å². The molecule has 96 valence electrons. The van der Waals surface area contributed by atoms with E-state index >= 15 is 0 Å². The van der Waals surface area contributed by atoms with Crippen LogP contribution in [-0.4, -0.2) is 34.9 Å². The quantitative estimate of drug-likeness (QED) is 0.861. The molecule has 0 unspecified atom stereocenters. The number of hydrogen-bond donors (Lipinski definition) is 1. The van der Waals surface area contributed by atoms with E-state index in [9.17, 15) is 4.79 Å². The zero-order valence-corrected chi connectivity index (χ0v) is 11.9. The second-order valence-corrected chi connectivity index (χ2v) is 6.11. The molecular formula is C13H16BrN3O. The van der Waals surface area contributed by atoms with Crippen LogP contribution in [0, 0.1) is 0 Å². The Labute approximate surface area is 115 Å². The number of amides is 1. The van der Waals surface area contributed by atoms with Crippen molar-refractivity contribution in [1.29, 1.82) is 0 Å². The number of likely N-dealkylation sites (N-methyl/N-ethyl adjacent to an activating group) is 1. The smallest absolute Gasteiger partial charge is 0.242 e. The minimum Gasteiger partial charge on any atom is -0.344 e. The van der Waals surface area contributed by atoms with Gasteiger partial charge in [-0.3, -0.25) is 15.1 Å². The van der Waals surface area contributed by atoms with E-state index in [1.807, 2.05) is 24.1 Å². The topological polar surface area (TPSA) is 45.2 Å². The molecule has 1 aromatic rings. The number of hydrogen-bond acceptors (Lipinski definition) is 3. The molecule has 4 nitrogen and oxygen atoms in total. The van der Waals surface area contributed by atoms with Crippen LogP contribution in [0.3, 0.4) is 0 Å². The zero-order valence-electron chi connectivity index (χ0n) is 10.3. The SMILES string of the molecule is CN1CC[C@@]2(CC[C@@H](c3cc(Br)ccn3)N2)C1=O. The Bertz CT molecular complexity index is 493. The number of pyridine rings is 1. The fourth-order valence-corrected chi connectivity index (χ4v) is 3.35. The average Bonchev–Trinajstić information content (AvgIpc) is 2.91. The molecule has 2 atom stereocenters. The molecule has 1 spiro atoms. The summed E-state index contributed by atoms with van der Waals surface area (Å²) in [5, 5.41) is 3.52. The highest BCUT2D eigenvalue weighted by molar-refractivity contribution is 9.10. The first-order chi connectivity index (χ1) is 8.61. The summed E-state index contributed by atoms with van der Waals surface area (Å²) in [6.07, 6.45) is 4.60. The van der Waals surface area contributed by atoms with Crippen LogP contribution in [0.15, 0.2) is 22.8 Å². The van der Waals surface area contributed by atoms with Gasteiger partial charge in [-0.15, -0.1) is 0 Å². The Hall–Kier alpha value is -0.940. The number of halogens is 1. The summed E-state index contributed by atoms with van der Waals surface area (Å²) >= 11 is 3.46. The van der Waals surface area contributed by atoms with E-state index in [4.69, 9.17) is 0 Å². The van der Waals surface area contributed by atoms with Crippen molar-refractivity contribution in [2.45, 2.75) is 30.8 Å². The molecule has 2 aliphatic heterocycles. The van der Waals surface area contributed by atoms with E-state index < -0.39 is 0 Å². The second-order valence-electron chi connectivity index (χ2n) is 5.19. The summed E-state index contributed by atoms with van der Waals surface area (Å²) in [5.41, 5.74) is 0.687. The van der Waals surface area contributed by atoms with Crippen molar-refractivity contribution in [1.82, 2.24) is 15.2 Å². The van der Waals surface area contributed by atoms with Gasteiger partial charge in [0.05, 0.1) is 11.7 Å². The number of rotatable bonds is 1. The normalized spacial score (nSPS) is 31.6. The largest absolute Gasteiger partial charge is 0.344 e. The van der Waals surface area contributed by atoms with Gasteiger partial charge in [-0.25, -0.2) is 0 Å². The summed E-state index contributed by atoms with van der Waals surface area (Å²) in [7, 11) is 1.88. The average molecular weight is 310 g/mol. The van der Waals surface area contributed by atoms with Crippen LogP contribution in [0.4, 0.5) is 0 Å². The first-order valence-electron chi connectivity index (χ1n) is 6.25. The van der Waals surface area contributed by atoms with Gasteiger partial charge in [0.1, 0.15) is 5.54 Å². The molecular weight excluding hydrogens is 294 g/mol. The Morgan fingerprint density at radius 3 is 3.06 bits per heavy atom. The lowest BCUT2D eigenvalue weighted by Gasteiger charge is -2.23. The minimum atomic E-state index is -0.330. The molecule has 5 heteroatoms. The highest BCUT2D eigenvalue weighted by Crippen LogP contribution is 2.38. The number of likely N-dealkylation sites (tertiary alicyclic amines) is 1. The summed E-state index contributed by atoms with van der Waals surface area (Å²) < 4.78 is 1.03. The molecule has 0 aliphatic carbocycles. The van der Waals surface area contributed by atoms with E-state index in [0.29, 0.717) is 0 Å². The Kier molecular flexibility index (Phi) is 2.90. The van der Waals surface area contributed by atoms with Crippen LogP contribution >= 0.6 is 15.9 Å². The molecule has 1 amide bonds. The third-order valence-electron chi connectivity index (χ3n) is 4.04. The van der Waals surface area contributed by atoms with Gasteiger partial charge >= 0.3 is 0 Å². The van der Waals surface area contributed by atoms with Crippen molar-refractivity contribution < 1.29 is 4.79 Å². The van der Waals surface area contributed by atoms with Crippen LogP contribution in [0.1, 0.15) is 31.0 Å². The van der Waals surface area contributed by atoms with Crippen molar-refractivity contribution in [3.05, 3.63) is 28.5 Å². The molecule has 3 rings (SSSR count). The maximum absolute atomic E-state index is 12.2. The van der Waals surface area contributed by atoms with Crippen molar-refractivity contribution in [3.8, 4) is 0 Å². The molecule has 2 fully saturated rings. The van der Waals surface area contributed by atoms with E-state index in [-0.39, 0.29) is 17.5 Å². The molecule has 3 heterocycles. The number of nitrogens with zero attached hydrogens (tertiary/aromatic N) is 2. The van der Waals surface area contributed by atoms with Crippen LogP contribution < -0.4 is 5.32 Å². The van der Waals surface area contributed by atoms with Gasteiger partial charge in [0, 0.05) is 24.3 Å². The number of aromatic nitrogens is 1. The van der Waals surface area contributed by atoms with E-state index in [1.165, 1.54) is 0 Å². The van der Waals surface area contributed by atoms with Crippen LogP contribution in [0.25, 0.3) is 0 Å². The molecule has 1 aromatic heterocycles. The molecule has 18 heavy (non-hydrogen) atoms. The first-order valence-corrected chi connectivity index (χ1v) is 7.05. The number of nitrogens with one attached hydrogen (secondary N) is 1. The predicted octanol–water partition coefficient (Wildman–Crippen LogP) is 1.87. The molecule has 1 N–H and O–H groups in total. The van der Waals surface area contributed by atoms with Crippen molar-refractivity contribution >= 4 is 21.8 Å². The van der Waals surface area contributed by atoms with E-state index in [2.05, 4.69) is 26.2 Å². The highest BCUT2D eigenvalue weighted by atomic mass is 79.9. The lowest BCUT2D eigenvalue weighted by Crippen LogP contribution is -2.47. The van der Waals surface area contributed by atoms with E-state index in [1.54, 1.807) is 6.20 Å². The summed E-state index contributed by atoms with van der Waals surface area (Å²) in [6, 6.07) is 4.14. The van der Waals surface area contributed by atoms with Crippen LogP contribution in [-0.2, 0) is 4.79 Å². The van der Waals surface area contributed by atoms with Gasteiger partial charge in [-0.05, 0) is 31.4 Å². The summed E-state index contributed by atoms with van der Waals surface area (Å²) in [5.74, 6) is 0.236. The lowest BCUT2D eigenvalue weighted by atomic mass is 9.96. The van der Waals surface area contributed by atoms with Gasteiger partial charge in [0.15, 0.2) is 0 Å². The maximum Gasteiger partial charge on any atom is 0.242 e. The summed E-state index contributed by atoms with van der Waals surface area (Å²) in [4.78, 5) is 18.4. The van der Waals surface area contributed by atoms with Gasteiger partial charge < -0.3 is 4.90 Å². The van der Waals surface area contributed by atoms with Crippen LogP contribution in [0.5, 0.6) is 0 Å². The Morgan fingerprint density at radius 1 is 1.56 bits per heavy atom. The second kappa shape index (κ2) is 4.31. The number of carbonyl (C=O) groups excluding carboxylic acids is 1. The molecule has 0 saturated carbocycles. The maximum atomic E-state index is 12.2. The fourth-order valence-electron chi connectivity index (χ4n) is 3.00. The third-order valence-corrected chi connectivity index (χ3v) is 4.53. The van der Waals surface area contributed by atoms with Gasteiger partial charge in [0.2, 0.25) is 5.91 Å². The van der Waals surface area contributed by atoms with Gasteiger partial charge in [0.25, 0.3) is 0 Å². The summed E-state index contributed by atoms with van der Waals surface area (Å²) in [6.45, 7) is 0.852. The highest BCUT2D eigenvalue weighted by Gasteiger charge is 2.50. The molecule has 0 radical (unpaired) electrons. The lowest BCUT2D eigenvalue weighted by molar-refractivity contribution is -0.131. The van der Waals surface area contributed by atoms with Gasteiger partial charge in [-0.1, -0.05) is 15.9 Å². The number of carbonyl (C=O) groups is 1. The van der Waals surface area contributed by atoms with Crippen molar-refractivity contribution in [3.63, 3.8) is 0 Å².